The Morgan fingerprint density at radius 3 is 2.10 bits per heavy atom. The highest BCUT2D eigenvalue weighted by Crippen LogP contribution is 2.12. The maximum Gasteiger partial charge on any atom is 0.245 e. The van der Waals surface area contributed by atoms with Gasteiger partial charge >= 0.3 is 0 Å². The Hall–Kier alpha value is -3.36. The van der Waals surface area contributed by atoms with E-state index in [1.165, 1.54) is 19.4 Å². The van der Waals surface area contributed by atoms with Gasteiger partial charge in [0, 0.05) is 18.3 Å². The molecule has 14 heteroatoms. The molecule has 1 aromatic rings. The summed E-state index contributed by atoms with van der Waals surface area (Å²) in [4.78, 5) is 69.8. The zero-order valence-electron chi connectivity index (χ0n) is 23.1. The van der Waals surface area contributed by atoms with E-state index in [1.54, 1.807) is 6.92 Å². The Morgan fingerprint density at radius 2 is 1.62 bits per heavy atom. The van der Waals surface area contributed by atoms with Crippen LogP contribution in [0.4, 0.5) is 0 Å². The molecule has 14 nitrogen and oxygen atoms in total. The number of carbonyl (C=O) groups is 5. The largest absolute Gasteiger partial charge is 0.394 e. The lowest BCUT2D eigenvalue weighted by molar-refractivity contribution is -0.135. The summed E-state index contributed by atoms with van der Waals surface area (Å²) in [6.07, 6.45) is 3.33. The summed E-state index contributed by atoms with van der Waals surface area (Å²) in [6.45, 7) is 7.82. The molecule has 0 spiro atoms. The molecular formula is C25H43N7O7. The molecule has 0 aromatic carbocycles. The third-order valence-corrected chi connectivity index (χ3v) is 6.26. The predicted molar refractivity (Wildman–Crippen MR) is 142 cm³/mol. The predicted octanol–water partition coefficient (Wildman–Crippen LogP) is -2.12. The Labute approximate surface area is 228 Å². The van der Waals surface area contributed by atoms with Crippen LogP contribution in [0.25, 0.3) is 0 Å². The minimum Gasteiger partial charge on any atom is -0.394 e. The zero-order valence-corrected chi connectivity index (χ0v) is 23.1. The van der Waals surface area contributed by atoms with Crippen molar-refractivity contribution in [1.82, 2.24) is 31.2 Å². The van der Waals surface area contributed by atoms with E-state index in [0.717, 1.165) is 0 Å². The Morgan fingerprint density at radius 1 is 1.00 bits per heavy atom. The number of rotatable bonds is 17. The first kappa shape index (κ1) is 33.7. The molecule has 7 atom stereocenters. The molecule has 0 saturated heterocycles. The first-order chi connectivity index (χ1) is 18.3. The summed E-state index contributed by atoms with van der Waals surface area (Å²) in [5.74, 6) is -3.24. The van der Waals surface area contributed by atoms with Crippen LogP contribution in [-0.2, 0) is 30.4 Å². The van der Waals surface area contributed by atoms with E-state index in [0.29, 0.717) is 18.4 Å². The van der Waals surface area contributed by atoms with Crippen LogP contribution in [0.2, 0.25) is 0 Å². The monoisotopic (exact) mass is 553 g/mol. The van der Waals surface area contributed by atoms with Crippen molar-refractivity contribution in [3.05, 3.63) is 18.2 Å². The van der Waals surface area contributed by atoms with Gasteiger partial charge in [-0.1, -0.05) is 34.1 Å². The average Bonchev–Trinajstić information content (AvgIpc) is 3.40. The van der Waals surface area contributed by atoms with Gasteiger partial charge in [-0.05, 0) is 25.2 Å². The summed E-state index contributed by atoms with van der Waals surface area (Å²) in [5, 5.41) is 29.3. The highest BCUT2D eigenvalue weighted by Gasteiger charge is 2.33. The molecular weight excluding hydrogens is 510 g/mol. The standard InChI is InChI=1S/C25H43N7O7/c1-6-14(4)21(25(39)29-17(10-33)8-16-9-27-12-28-16)32-22(36)18(7-13(2)3)30-23(37)19(11-34)31-24(38)20(26)15(5)35/h9-10,12-15,17-21,34-35H,6-8,11,26H2,1-5H3,(H,27,28)(H,29,39)(H,30,37)(H,31,38)(H,32,36)/t14-,15+,17-,18-,19-,20-,21-/m0/s1. The van der Waals surface area contributed by atoms with Crippen LogP contribution in [0.15, 0.2) is 12.5 Å². The van der Waals surface area contributed by atoms with Crippen molar-refractivity contribution in [2.45, 2.75) is 90.2 Å². The maximum absolute atomic E-state index is 13.3. The summed E-state index contributed by atoms with van der Waals surface area (Å²) in [6, 6.07) is -5.69. The number of aldehydes is 1. The van der Waals surface area contributed by atoms with Gasteiger partial charge in [-0.3, -0.25) is 19.2 Å². The fourth-order valence-electron chi connectivity index (χ4n) is 3.65. The number of aliphatic hydroxyl groups is 2. The van der Waals surface area contributed by atoms with Crippen LogP contribution in [0.5, 0.6) is 0 Å². The van der Waals surface area contributed by atoms with Crippen LogP contribution in [-0.4, -0.2) is 93.0 Å². The Kier molecular flexibility index (Phi) is 14.3. The lowest BCUT2D eigenvalue weighted by Crippen LogP contribution is -2.60. The molecule has 220 valence electrons. The molecule has 0 aliphatic heterocycles. The van der Waals surface area contributed by atoms with E-state index < -0.39 is 66.5 Å². The van der Waals surface area contributed by atoms with Crippen LogP contribution >= 0.6 is 0 Å². The number of aliphatic hydroxyl groups excluding tert-OH is 2. The van der Waals surface area contributed by atoms with Gasteiger partial charge < -0.3 is 47.0 Å². The van der Waals surface area contributed by atoms with Crippen molar-refractivity contribution >= 4 is 29.9 Å². The number of hydrogen-bond donors (Lipinski definition) is 8. The van der Waals surface area contributed by atoms with Crippen molar-refractivity contribution in [2.75, 3.05) is 6.61 Å². The minimum absolute atomic E-state index is 0.0448. The van der Waals surface area contributed by atoms with E-state index in [2.05, 4.69) is 31.2 Å². The molecule has 0 aliphatic rings. The van der Waals surface area contributed by atoms with Gasteiger partial charge in [-0.15, -0.1) is 0 Å². The first-order valence-electron chi connectivity index (χ1n) is 13.0. The molecule has 1 aromatic heterocycles. The van der Waals surface area contributed by atoms with Crippen molar-refractivity contribution in [3.63, 3.8) is 0 Å². The average molecular weight is 554 g/mol. The molecule has 0 saturated carbocycles. The Bertz CT molecular complexity index is 939. The quantitative estimate of drug-likeness (QED) is 0.0985. The summed E-state index contributed by atoms with van der Waals surface area (Å²) < 4.78 is 0. The van der Waals surface area contributed by atoms with Gasteiger partial charge in [0.2, 0.25) is 23.6 Å². The fraction of sp³-hybridized carbons (Fsp3) is 0.680. The van der Waals surface area contributed by atoms with Gasteiger partial charge in [-0.25, -0.2) is 4.98 Å². The second kappa shape index (κ2) is 16.6. The first-order valence-corrected chi connectivity index (χ1v) is 13.0. The number of aromatic nitrogens is 2. The molecule has 0 radical (unpaired) electrons. The van der Waals surface area contributed by atoms with E-state index in [-0.39, 0.29) is 24.7 Å². The van der Waals surface area contributed by atoms with Gasteiger partial charge in [-0.2, -0.15) is 0 Å². The van der Waals surface area contributed by atoms with Gasteiger partial charge in [0.1, 0.15) is 30.5 Å². The molecule has 0 aliphatic carbocycles. The number of amides is 4. The molecule has 1 rings (SSSR count). The summed E-state index contributed by atoms with van der Waals surface area (Å²) in [5.41, 5.74) is 6.23. The number of H-pyrrole nitrogens is 1. The highest BCUT2D eigenvalue weighted by molar-refractivity contribution is 5.95. The van der Waals surface area contributed by atoms with Crippen molar-refractivity contribution in [2.24, 2.45) is 17.6 Å². The van der Waals surface area contributed by atoms with Crippen LogP contribution in [0.1, 0.15) is 53.2 Å². The molecule has 0 fully saturated rings. The molecule has 9 N–H and O–H groups in total. The third kappa shape index (κ3) is 11.1. The normalized spacial score (nSPS) is 16.6. The smallest absolute Gasteiger partial charge is 0.245 e. The number of imidazole rings is 1. The van der Waals surface area contributed by atoms with E-state index in [9.17, 15) is 34.2 Å². The number of hydrogen-bond acceptors (Lipinski definition) is 9. The van der Waals surface area contributed by atoms with E-state index in [1.807, 2.05) is 20.8 Å². The van der Waals surface area contributed by atoms with Crippen LogP contribution in [0, 0.1) is 11.8 Å². The van der Waals surface area contributed by atoms with Gasteiger partial charge in [0.15, 0.2) is 0 Å². The topological polar surface area (TPSA) is 229 Å². The van der Waals surface area contributed by atoms with Crippen molar-refractivity contribution in [3.8, 4) is 0 Å². The number of aromatic amines is 1. The highest BCUT2D eigenvalue weighted by atomic mass is 16.3. The van der Waals surface area contributed by atoms with Gasteiger partial charge in [0.05, 0.1) is 25.1 Å². The lowest BCUT2D eigenvalue weighted by atomic mass is 9.96. The molecule has 4 amide bonds. The maximum atomic E-state index is 13.3. The van der Waals surface area contributed by atoms with Crippen molar-refractivity contribution in [1.29, 1.82) is 0 Å². The van der Waals surface area contributed by atoms with E-state index in [4.69, 9.17) is 5.73 Å². The number of carbonyl (C=O) groups excluding carboxylic acids is 5. The summed E-state index contributed by atoms with van der Waals surface area (Å²) >= 11 is 0. The zero-order chi connectivity index (χ0) is 29.7. The van der Waals surface area contributed by atoms with Crippen LogP contribution < -0.4 is 27.0 Å². The molecule has 0 bridgehead atoms. The lowest BCUT2D eigenvalue weighted by Gasteiger charge is -2.29. The fourth-order valence-corrected chi connectivity index (χ4v) is 3.65. The summed E-state index contributed by atoms with van der Waals surface area (Å²) in [7, 11) is 0. The number of nitrogens with two attached hydrogens (primary N) is 1. The van der Waals surface area contributed by atoms with Crippen LogP contribution in [0.3, 0.4) is 0 Å². The van der Waals surface area contributed by atoms with Crippen molar-refractivity contribution < 1.29 is 34.2 Å². The number of nitrogens with one attached hydrogen (secondary N) is 5. The third-order valence-electron chi connectivity index (χ3n) is 6.26. The minimum atomic E-state index is -1.42. The van der Waals surface area contributed by atoms with Gasteiger partial charge in [0.25, 0.3) is 0 Å². The molecule has 39 heavy (non-hydrogen) atoms. The second-order valence-electron chi connectivity index (χ2n) is 10.1. The SMILES string of the molecule is CC[C@H](C)[C@H](NC(=O)[C@H](CC(C)C)NC(=O)[C@H](CO)NC(=O)[C@@H](N)[C@@H](C)O)C(=O)N[C@H](C=O)Cc1cnc[nH]1. The number of nitrogens with zero attached hydrogens (tertiary/aromatic N) is 1. The molecule has 1 heterocycles. The Balaban J connectivity index is 3.01. The van der Waals surface area contributed by atoms with E-state index >= 15 is 0 Å². The molecule has 0 unspecified atom stereocenters. The second-order valence-corrected chi connectivity index (χ2v) is 10.1.